The first kappa shape index (κ1) is 15.9. The molecule has 0 aliphatic rings. The zero-order valence-corrected chi connectivity index (χ0v) is 13.2. The van der Waals surface area contributed by atoms with E-state index in [2.05, 4.69) is 9.97 Å². The normalized spacial score (nSPS) is 11.0. The van der Waals surface area contributed by atoms with Crippen LogP contribution in [0.25, 0.3) is 0 Å². The lowest BCUT2D eigenvalue weighted by Gasteiger charge is -2.17. The maximum absolute atomic E-state index is 12.2. The van der Waals surface area contributed by atoms with Gasteiger partial charge in [0.05, 0.1) is 5.69 Å². The number of benzene rings is 1. The summed E-state index contributed by atoms with van der Waals surface area (Å²) in [6, 6.07) is 7.34. The molecule has 1 heterocycles. The number of methoxy groups -OCH3 is 2. The lowest BCUT2D eigenvalue weighted by Crippen LogP contribution is -2.22. The molecule has 0 atom stereocenters. The topological polar surface area (TPSA) is 67.1 Å². The van der Waals surface area contributed by atoms with Crippen LogP contribution in [0, 0.1) is 4.77 Å². The second-order valence-electron chi connectivity index (χ2n) is 4.37. The minimum atomic E-state index is -0.702. The van der Waals surface area contributed by atoms with E-state index < -0.39 is 6.29 Å². The molecule has 0 radical (unpaired) electrons. The summed E-state index contributed by atoms with van der Waals surface area (Å²) in [5, 5.41) is 0.594. The number of hydrogen-bond acceptors (Lipinski definition) is 4. The van der Waals surface area contributed by atoms with Crippen molar-refractivity contribution in [2.75, 3.05) is 14.2 Å². The van der Waals surface area contributed by atoms with Crippen LogP contribution in [0.15, 0.2) is 29.1 Å². The quantitative estimate of drug-likeness (QED) is 0.655. The van der Waals surface area contributed by atoms with Gasteiger partial charge in [-0.1, -0.05) is 29.8 Å². The van der Waals surface area contributed by atoms with Crippen molar-refractivity contribution in [1.29, 1.82) is 0 Å². The van der Waals surface area contributed by atoms with Crippen molar-refractivity contribution in [1.82, 2.24) is 9.97 Å². The van der Waals surface area contributed by atoms with E-state index in [4.69, 9.17) is 33.3 Å². The molecule has 21 heavy (non-hydrogen) atoms. The van der Waals surface area contributed by atoms with E-state index in [9.17, 15) is 4.79 Å². The number of H-pyrrole nitrogens is 2. The van der Waals surface area contributed by atoms with Gasteiger partial charge in [-0.05, 0) is 23.8 Å². The zero-order chi connectivity index (χ0) is 15.4. The van der Waals surface area contributed by atoms with Crippen LogP contribution in [0.2, 0.25) is 5.02 Å². The third kappa shape index (κ3) is 3.59. The van der Waals surface area contributed by atoms with Crippen LogP contribution in [0.4, 0.5) is 0 Å². The van der Waals surface area contributed by atoms with Gasteiger partial charge in [-0.3, -0.25) is 9.78 Å². The second-order valence-corrected chi connectivity index (χ2v) is 5.19. The summed E-state index contributed by atoms with van der Waals surface area (Å²) in [6.45, 7) is 0. The van der Waals surface area contributed by atoms with Gasteiger partial charge in [0, 0.05) is 31.2 Å². The van der Waals surface area contributed by atoms with Crippen molar-refractivity contribution in [3.8, 4) is 0 Å². The molecule has 1 aromatic carbocycles. The zero-order valence-electron chi connectivity index (χ0n) is 11.6. The summed E-state index contributed by atoms with van der Waals surface area (Å²) < 4.78 is 10.7. The number of halogens is 1. The van der Waals surface area contributed by atoms with E-state index in [1.54, 1.807) is 6.07 Å². The molecule has 112 valence electrons. The van der Waals surface area contributed by atoms with Crippen LogP contribution in [-0.2, 0) is 15.9 Å². The first-order valence-corrected chi connectivity index (χ1v) is 6.99. The van der Waals surface area contributed by atoms with Crippen LogP contribution in [0.3, 0.4) is 0 Å². The molecule has 0 fully saturated rings. The van der Waals surface area contributed by atoms with Gasteiger partial charge in [-0.25, -0.2) is 0 Å². The molecular formula is C14H15ClN2O3S. The standard InChI is InChI=1S/C14H15ClN2O3S/c1-19-13(20-2)11-9(12(18)17-14(21)16-11)7-8-5-3-4-6-10(8)15/h3-6,13H,7H2,1-2H3,(H2,16,17,18,21). The Bertz CT molecular complexity index is 737. The van der Waals surface area contributed by atoms with E-state index in [1.807, 2.05) is 18.2 Å². The maximum Gasteiger partial charge on any atom is 0.255 e. The monoisotopic (exact) mass is 326 g/mol. The second kappa shape index (κ2) is 7.00. The molecule has 0 bridgehead atoms. The molecule has 0 aliphatic carbocycles. The number of nitrogens with one attached hydrogen (secondary N) is 2. The lowest BCUT2D eigenvalue weighted by atomic mass is 10.0. The highest BCUT2D eigenvalue weighted by Crippen LogP contribution is 2.22. The summed E-state index contributed by atoms with van der Waals surface area (Å²) in [6.07, 6.45) is -0.355. The van der Waals surface area contributed by atoms with Gasteiger partial charge in [0.2, 0.25) is 0 Å². The molecule has 2 N–H and O–H groups in total. The minimum absolute atomic E-state index is 0.219. The van der Waals surface area contributed by atoms with Crippen LogP contribution in [0.5, 0.6) is 0 Å². The molecule has 0 saturated carbocycles. The molecular weight excluding hydrogens is 312 g/mol. The van der Waals surface area contributed by atoms with Crippen LogP contribution >= 0.6 is 23.8 Å². The van der Waals surface area contributed by atoms with Crippen LogP contribution < -0.4 is 5.56 Å². The Balaban J connectivity index is 2.55. The summed E-state index contributed by atoms with van der Waals surface area (Å²) in [5.74, 6) is 0. The van der Waals surface area contributed by atoms with E-state index >= 15 is 0 Å². The third-order valence-electron chi connectivity index (χ3n) is 3.06. The maximum atomic E-state index is 12.2. The predicted octanol–water partition coefficient (Wildman–Crippen LogP) is 2.97. The Morgan fingerprint density at radius 2 is 1.90 bits per heavy atom. The summed E-state index contributed by atoms with van der Waals surface area (Å²) in [5.41, 5.74) is 1.52. The molecule has 5 nitrogen and oxygen atoms in total. The minimum Gasteiger partial charge on any atom is -0.350 e. The Kier molecular flexibility index (Phi) is 5.30. The van der Waals surface area contributed by atoms with E-state index in [0.717, 1.165) is 5.56 Å². The Hall–Kier alpha value is -1.47. The molecule has 2 aromatic rings. The molecule has 0 amide bonds. The molecule has 0 unspecified atom stereocenters. The largest absolute Gasteiger partial charge is 0.350 e. The van der Waals surface area contributed by atoms with Gasteiger partial charge >= 0.3 is 0 Å². The average molecular weight is 327 g/mol. The van der Waals surface area contributed by atoms with Gasteiger partial charge in [-0.15, -0.1) is 0 Å². The first-order chi connectivity index (χ1) is 10.1. The van der Waals surface area contributed by atoms with Crippen molar-refractivity contribution in [3.63, 3.8) is 0 Å². The summed E-state index contributed by atoms with van der Waals surface area (Å²) in [7, 11) is 2.98. The number of rotatable bonds is 5. The fourth-order valence-electron chi connectivity index (χ4n) is 2.07. The lowest BCUT2D eigenvalue weighted by molar-refractivity contribution is -0.109. The van der Waals surface area contributed by atoms with E-state index in [1.165, 1.54) is 14.2 Å². The summed E-state index contributed by atoms with van der Waals surface area (Å²) in [4.78, 5) is 17.7. The van der Waals surface area contributed by atoms with Gasteiger partial charge < -0.3 is 14.5 Å². The number of aromatic nitrogens is 2. The Morgan fingerprint density at radius 3 is 2.52 bits per heavy atom. The molecule has 2 rings (SSSR count). The molecule has 0 aliphatic heterocycles. The van der Waals surface area contributed by atoms with Gasteiger partial charge in [0.15, 0.2) is 11.1 Å². The number of aromatic amines is 2. The van der Waals surface area contributed by atoms with Gasteiger partial charge in [0.1, 0.15) is 0 Å². The molecule has 7 heteroatoms. The third-order valence-corrected chi connectivity index (χ3v) is 3.64. The van der Waals surface area contributed by atoms with Crippen molar-refractivity contribution in [3.05, 3.63) is 61.2 Å². The fraction of sp³-hybridized carbons (Fsp3) is 0.286. The van der Waals surface area contributed by atoms with E-state index in [0.29, 0.717) is 22.7 Å². The number of ether oxygens (including phenoxy) is 2. The summed E-state index contributed by atoms with van der Waals surface area (Å²) >= 11 is 11.2. The number of hydrogen-bond donors (Lipinski definition) is 2. The highest BCUT2D eigenvalue weighted by molar-refractivity contribution is 7.71. The van der Waals surface area contributed by atoms with Crippen molar-refractivity contribution in [2.24, 2.45) is 0 Å². The van der Waals surface area contributed by atoms with E-state index in [-0.39, 0.29) is 10.3 Å². The van der Waals surface area contributed by atoms with Gasteiger partial charge in [-0.2, -0.15) is 0 Å². The Labute approximate surface area is 131 Å². The first-order valence-electron chi connectivity index (χ1n) is 6.21. The molecule has 1 aromatic heterocycles. The van der Waals surface area contributed by atoms with Crippen molar-refractivity contribution in [2.45, 2.75) is 12.7 Å². The van der Waals surface area contributed by atoms with Crippen molar-refractivity contribution < 1.29 is 9.47 Å². The molecule has 0 saturated heterocycles. The average Bonchev–Trinajstić information content (AvgIpc) is 2.45. The van der Waals surface area contributed by atoms with Gasteiger partial charge in [0.25, 0.3) is 5.56 Å². The predicted molar refractivity (Wildman–Crippen MR) is 83.3 cm³/mol. The molecule has 0 spiro atoms. The highest BCUT2D eigenvalue weighted by Gasteiger charge is 2.19. The fourth-order valence-corrected chi connectivity index (χ4v) is 2.48. The highest BCUT2D eigenvalue weighted by atomic mass is 35.5. The van der Waals surface area contributed by atoms with Crippen LogP contribution in [-0.4, -0.2) is 24.2 Å². The smallest absolute Gasteiger partial charge is 0.255 e. The SMILES string of the molecule is COC(OC)c1[nH]c(=S)[nH]c(=O)c1Cc1ccccc1Cl. The van der Waals surface area contributed by atoms with Crippen LogP contribution in [0.1, 0.15) is 23.1 Å². The Morgan fingerprint density at radius 1 is 1.24 bits per heavy atom. The van der Waals surface area contributed by atoms with Crippen molar-refractivity contribution >= 4 is 23.8 Å².